The third-order valence-electron chi connectivity index (χ3n) is 3.58. The summed E-state index contributed by atoms with van der Waals surface area (Å²) in [5.74, 6) is 1.24. The fraction of sp³-hybridized carbons (Fsp3) is 0.211. The van der Waals surface area contributed by atoms with Crippen molar-refractivity contribution in [3.63, 3.8) is 0 Å². The van der Waals surface area contributed by atoms with Crippen LogP contribution in [0.2, 0.25) is 0 Å². The Morgan fingerprint density at radius 3 is 2.61 bits per heavy atom. The van der Waals surface area contributed by atoms with Crippen molar-refractivity contribution in [1.82, 2.24) is 0 Å². The van der Waals surface area contributed by atoms with Crippen LogP contribution >= 0.6 is 0 Å². The first-order chi connectivity index (χ1) is 11.1. The minimum Gasteiger partial charge on any atom is -0.495 e. The van der Waals surface area contributed by atoms with E-state index in [0.29, 0.717) is 22.5 Å². The number of ether oxygens (including phenoxy) is 1. The van der Waals surface area contributed by atoms with E-state index >= 15 is 0 Å². The molecule has 1 aromatic heterocycles. The van der Waals surface area contributed by atoms with E-state index in [-0.39, 0.29) is 11.5 Å². The van der Waals surface area contributed by atoms with Gasteiger partial charge in [0.25, 0.3) is 0 Å². The van der Waals surface area contributed by atoms with Gasteiger partial charge in [-0.2, -0.15) is 0 Å². The summed E-state index contributed by atoms with van der Waals surface area (Å²) in [5, 5.41) is 3.95. The van der Waals surface area contributed by atoms with Crippen LogP contribution in [-0.4, -0.2) is 13.2 Å². The summed E-state index contributed by atoms with van der Waals surface area (Å²) in [6, 6.07) is 14.7. The van der Waals surface area contributed by atoms with Gasteiger partial charge >= 0.3 is 0 Å². The summed E-state index contributed by atoms with van der Waals surface area (Å²) in [7, 11) is 1.63. The first-order valence-corrected chi connectivity index (χ1v) is 7.57. The van der Waals surface area contributed by atoms with E-state index in [4.69, 9.17) is 9.15 Å². The van der Waals surface area contributed by atoms with Crippen molar-refractivity contribution in [2.75, 3.05) is 12.4 Å². The topological polar surface area (TPSA) is 51.5 Å². The molecule has 118 valence electrons. The summed E-state index contributed by atoms with van der Waals surface area (Å²) >= 11 is 0. The molecule has 0 aliphatic carbocycles. The Balaban J connectivity index is 2.24. The second-order valence-corrected chi connectivity index (χ2v) is 5.65. The molecular weight excluding hydrogens is 290 g/mol. The molecule has 4 nitrogen and oxygen atoms in total. The van der Waals surface area contributed by atoms with Gasteiger partial charge in [-0.25, -0.2) is 0 Å². The maximum absolute atomic E-state index is 12.3. The molecule has 2 aromatic carbocycles. The molecule has 0 saturated carbocycles. The summed E-state index contributed by atoms with van der Waals surface area (Å²) in [6.45, 7) is 4.10. The maximum Gasteiger partial charge on any atom is 0.193 e. The molecule has 0 amide bonds. The van der Waals surface area contributed by atoms with Gasteiger partial charge in [-0.1, -0.05) is 18.2 Å². The SMILES string of the molecule is COc1cccc(-c2cc(=O)c3ccccc3o2)c1NC(C)C. The molecule has 0 bridgehead atoms. The molecule has 0 fully saturated rings. The molecule has 1 N–H and O–H groups in total. The van der Waals surface area contributed by atoms with Crippen LogP contribution in [0.1, 0.15) is 13.8 Å². The van der Waals surface area contributed by atoms with E-state index in [2.05, 4.69) is 5.32 Å². The Morgan fingerprint density at radius 2 is 1.87 bits per heavy atom. The van der Waals surface area contributed by atoms with Crippen LogP contribution in [0.4, 0.5) is 5.69 Å². The number of fused-ring (bicyclic) bond motifs is 1. The Hall–Kier alpha value is -2.75. The van der Waals surface area contributed by atoms with E-state index in [1.165, 1.54) is 6.07 Å². The third-order valence-corrected chi connectivity index (χ3v) is 3.58. The molecule has 0 aliphatic heterocycles. The number of nitrogens with one attached hydrogen (secondary N) is 1. The van der Waals surface area contributed by atoms with Gasteiger partial charge in [0.05, 0.1) is 18.2 Å². The lowest BCUT2D eigenvalue weighted by molar-refractivity contribution is 0.416. The van der Waals surface area contributed by atoms with E-state index in [9.17, 15) is 4.79 Å². The fourth-order valence-corrected chi connectivity index (χ4v) is 2.58. The van der Waals surface area contributed by atoms with Crippen molar-refractivity contribution in [1.29, 1.82) is 0 Å². The molecule has 0 aliphatic rings. The number of hydrogen-bond donors (Lipinski definition) is 1. The predicted molar refractivity (Wildman–Crippen MR) is 93.2 cm³/mol. The van der Waals surface area contributed by atoms with Crippen LogP contribution in [0.3, 0.4) is 0 Å². The number of methoxy groups -OCH3 is 1. The molecule has 0 unspecified atom stereocenters. The van der Waals surface area contributed by atoms with Crippen LogP contribution in [-0.2, 0) is 0 Å². The minimum absolute atomic E-state index is 0.0554. The number of anilines is 1. The number of rotatable bonds is 4. The largest absolute Gasteiger partial charge is 0.495 e. The quantitative estimate of drug-likeness (QED) is 0.781. The Morgan fingerprint density at radius 1 is 1.09 bits per heavy atom. The lowest BCUT2D eigenvalue weighted by Crippen LogP contribution is -2.12. The molecular formula is C19H19NO3. The molecule has 0 atom stereocenters. The highest BCUT2D eigenvalue weighted by Gasteiger charge is 2.15. The van der Waals surface area contributed by atoms with Crippen molar-refractivity contribution in [3.8, 4) is 17.1 Å². The molecule has 23 heavy (non-hydrogen) atoms. The van der Waals surface area contributed by atoms with Gasteiger partial charge in [0, 0.05) is 17.7 Å². The van der Waals surface area contributed by atoms with E-state index in [1.54, 1.807) is 19.2 Å². The second-order valence-electron chi connectivity index (χ2n) is 5.65. The Labute approximate surface area is 134 Å². The highest BCUT2D eigenvalue weighted by Crippen LogP contribution is 2.36. The van der Waals surface area contributed by atoms with Gasteiger partial charge in [-0.3, -0.25) is 4.79 Å². The second kappa shape index (κ2) is 6.16. The standard InChI is InChI=1S/C19H19NO3/c1-12(2)20-19-14(8-6-10-17(19)22-3)18-11-15(21)13-7-4-5-9-16(13)23-18/h4-12,20H,1-3H3. The van der Waals surface area contributed by atoms with Gasteiger partial charge < -0.3 is 14.5 Å². The minimum atomic E-state index is -0.0554. The van der Waals surface area contributed by atoms with Crippen molar-refractivity contribution in [3.05, 3.63) is 58.8 Å². The van der Waals surface area contributed by atoms with Crippen molar-refractivity contribution >= 4 is 16.7 Å². The average Bonchev–Trinajstić information content (AvgIpc) is 2.54. The number of benzene rings is 2. The first kappa shape index (κ1) is 15.2. The molecule has 1 heterocycles. The van der Waals surface area contributed by atoms with Gasteiger partial charge in [0.2, 0.25) is 0 Å². The molecule has 0 radical (unpaired) electrons. The summed E-state index contributed by atoms with van der Waals surface area (Å²) in [5.41, 5.74) is 2.15. The normalized spacial score (nSPS) is 11.0. The van der Waals surface area contributed by atoms with Gasteiger partial charge in [0.15, 0.2) is 5.43 Å². The molecule has 4 heteroatoms. The Kier molecular flexibility index (Phi) is 4.06. The Bertz CT molecular complexity index is 897. The van der Waals surface area contributed by atoms with E-state index < -0.39 is 0 Å². The predicted octanol–water partition coefficient (Wildman–Crippen LogP) is 4.29. The van der Waals surface area contributed by atoms with Crippen LogP contribution in [0.5, 0.6) is 5.75 Å². The molecule has 0 spiro atoms. The number of para-hydroxylation sites is 2. The maximum atomic E-state index is 12.3. The molecule has 3 aromatic rings. The molecule has 3 rings (SSSR count). The summed E-state index contributed by atoms with van der Waals surface area (Å²) in [4.78, 5) is 12.3. The van der Waals surface area contributed by atoms with Crippen molar-refractivity contribution in [2.24, 2.45) is 0 Å². The lowest BCUT2D eigenvalue weighted by atomic mass is 10.1. The van der Waals surface area contributed by atoms with Crippen LogP contribution in [0.15, 0.2) is 57.7 Å². The summed E-state index contributed by atoms with van der Waals surface area (Å²) in [6.07, 6.45) is 0. The van der Waals surface area contributed by atoms with Gasteiger partial charge in [0.1, 0.15) is 17.1 Å². The van der Waals surface area contributed by atoms with Gasteiger partial charge in [-0.05, 0) is 38.1 Å². The number of hydrogen-bond acceptors (Lipinski definition) is 4. The highest BCUT2D eigenvalue weighted by atomic mass is 16.5. The summed E-state index contributed by atoms with van der Waals surface area (Å²) < 4.78 is 11.4. The van der Waals surface area contributed by atoms with Crippen LogP contribution in [0, 0.1) is 0 Å². The monoisotopic (exact) mass is 309 g/mol. The zero-order chi connectivity index (χ0) is 16.4. The smallest absolute Gasteiger partial charge is 0.193 e. The zero-order valence-corrected chi connectivity index (χ0v) is 13.4. The molecule has 0 saturated heterocycles. The van der Waals surface area contributed by atoms with Crippen LogP contribution in [0.25, 0.3) is 22.3 Å². The fourth-order valence-electron chi connectivity index (χ4n) is 2.58. The van der Waals surface area contributed by atoms with Crippen molar-refractivity contribution in [2.45, 2.75) is 19.9 Å². The van der Waals surface area contributed by atoms with Crippen molar-refractivity contribution < 1.29 is 9.15 Å². The first-order valence-electron chi connectivity index (χ1n) is 7.57. The highest BCUT2D eigenvalue weighted by molar-refractivity contribution is 5.83. The third kappa shape index (κ3) is 2.93. The van der Waals surface area contributed by atoms with E-state index in [1.807, 2.05) is 44.2 Å². The van der Waals surface area contributed by atoms with Crippen LogP contribution < -0.4 is 15.5 Å². The average molecular weight is 309 g/mol. The zero-order valence-electron chi connectivity index (χ0n) is 13.4. The lowest BCUT2D eigenvalue weighted by Gasteiger charge is -2.17. The van der Waals surface area contributed by atoms with Gasteiger partial charge in [-0.15, -0.1) is 0 Å². The van der Waals surface area contributed by atoms with E-state index in [0.717, 1.165) is 11.3 Å².